The minimum absolute atomic E-state index is 0. The van der Waals surface area contributed by atoms with Gasteiger partial charge in [-0.05, 0) is 53.2 Å². The minimum atomic E-state index is 0. The fourth-order valence-corrected chi connectivity index (χ4v) is 4.23. The van der Waals surface area contributed by atoms with Gasteiger partial charge >= 0.3 is 0 Å². The first-order valence-electron chi connectivity index (χ1n) is 8.19. The van der Waals surface area contributed by atoms with Gasteiger partial charge in [0.15, 0.2) is 5.96 Å². The summed E-state index contributed by atoms with van der Waals surface area (Å²) in [5, 5.41) is 11.3. The lowest BCUT2D eigenvalue weighted by Crippen LogP contribution is -2.52. The van der Waals surface area contributed by atoms with Crippen LogP contribution in [0.4, 0.5) is 5.00 Å². The third-order valence-electron chi connectivity index (χ3n) is 3.97. The highest BCUT2D eigenvalue weighted by atomic mass is 127. The summed E-state index contributed by atoms with van der Waals surface area (Å²) < 4.78 is 0. The Morgan fingerprint density at radius 2 is 2.04 bits per heavy atom. The summed E-state index contributed by atoms with van der Waals surface area (Å²) in [4.78, 5) is 9.68. The van der Waals surface area contributed by atoms with Crippen LogP contribution in [0.2, 0.25) is 0 Å². The quantitative estimate of drug-likeness (QED) is 0.405. The maximum atomic E-state index is 4.82. The zero-order valence-electron chi connectivity index (χ0n) is 14.0. The van der Waals surface area contributed by atoms with Crippen LogP contribution in [0.5, 0.6) is 0 Å². The van der Waals surface area contributed by atoms with Gasteiger partial charge in [-0.15, -0.1) is 35.3 Å². The zero-order valence-corrected chi connectivity index (χ0v) is 17.9. The lowest BCUT2D eigenvalue weighted by atomic mass is 10.2. The molecule has 0 unspecified atom stereocenters. The second-order valence-corrected chi connectivity index (χ2v) is 7.25. The maximum absolute atomic E-state index is 4.82. The highest BCUT2D eigenvalue weighted by Crippen LogP contribution is 2.22. The molecule has 0 aromatic carbocycles. The molecule has 0 amide bonds. The Morgan fingerprint density at radius 3 is 2.67 bits per heavy atom. The van der Waals surface area contributed by atoms with Crippen molar-refractivity contribution in [3.8, 4) is 0 Å². The van der Waals surface area contributed by atoms with Crippen molar-refractivity contribution < 1.29 is 0 Å². The summed E-state index contributed by atoms with van der Waals surface area (Å²) in [6.07, 6.45) is 1.02. The molecular formula is C17H25IN4S2. The van der Waals surface area contributed by atoms with Gasteiger partial charge in [0.05, 0.1) is 5.00 Å². The van der Waals surface area contributed by atoms with Gasteiger partial charge in [-0.25, -0.2) is 0 Å². The number of hydrogen-bond donors (Lipinski definition) is 1. The topological polar surface area (TPSA) is 30.9 Å². The van der Waals surface area contributed by atoms with Crippen LogP contribution in [0.1, 0.15) is 12.5 Å². The minimum Gasteiger partial charge on any atom is -0.360 e. The molecule has 0 saturated carbocycles. The Kier molecular flexibility index (Phi) is 8.34. The predicted molar refractivity (Wildman–Crippen MR) is 118 cm³/mol. The van der Waals surface area contributed by atoms with Gasteiger partial charge in [-0.1, -0.05) is 0 Å². The molecule has 7 heteroatoms. The van der Waals surface area contributed by atoms with Crippen LogP contribution in [-0.2, 0) is 6.42 Å². The summed E-state index contributed by atoms with van der Waals surface area (Å²) in [6, 6.07) is 6.52. The van der Waals surface area contributed by atoms with E-state index < -0.39 is 0 Å². The Hall–Kier alpha value is -0.800. The fourth-order valence-electron chi connectivity index (χ4n) is 2.74. The number of nitrogens with one attached hydrogen (secondary N) is 1. The van der Waals surface area contributed by atoms with E-state index in [9.17, 15) is 0 Å². The number of guanidine groups is 1. The van der Waals surface area contributed by atoms with E-state index in [0.717, 1.165) is 51.6 Å². The maximum Gasteiger partial charge on any atom is 0.194 e. The summed E-state index contributed by atoms with van der Waals surface area (Å²) >= 11 is 3.58. The molecule has 0 bridgehead atoms. The van der Waals surface area contributed by atoms with Gasteiger partial charge in [0.2, 0.25) is 0 Å². The molecule has 1 N–H and O–H groups in total. The molecule has 3 heterocycles. The first-order valence-corrected chi connectivity index (χ1v) is 10.0. The SMILES string of the molecule is CCNC(=NCCc1ccsc1)N1CCN(c2cccs2)CC1.I. The molecule has 2 aromatic rings. The lowest BCUT2D eigenvalue weighted by Gasteiger charge is -2.37. The molecule has 1 saturated heterocycles. The van der Waals surface area contributed by atoms with E-state index in [1.54, 1.807) is 11.3 Å². The van der Waals surface area contributed by atoms with Crippen LogP contribution >= 0.6 is 46.7 Å². The van der Waals surface area contributed by atoms with Crippen molar-refractivity contribution >= 4 is 57.6 Å². The van der Waals surface area contributed by atoms with Gasteiger partial charge in [0, 0.05) is 39.3 Å². The van der Waals surface area contributed by atoms with Crippen molar-refractivity contribution in [2.75, 3.05) is 44.2 Å². The number of thiophene rings is 2. The van der Waals surface area contributed by atoms with Crippen molar-refractivity contribution in [2.24, 2.45) is 4.99 Å². The molecule has 24 heavy (non-hydrogen) atoms. The molecular weight excluding hydrogens is 451 g/mol. The van der Waals surface area contributed by atoms with E-state index in [1.807, 2.05) is 11.3 Å². The first-order chi connectivity index (χ1) is 11.4. The van der Waals surface area contributed by atoms with E-state index in [1.165, 1.54) is 10.6 Å². The second-order valence-electron chi connectivity index (χ2n) is 5.54. The smallest absolute Gasteiger partial charge is 0.194 e. The molecule has 4 nitrogen and oxygen atoms in total. The van der Waals surface area contributed by atoms with Crippen LogP contribution in [-0.4, -0.2) is 50.1 Å². The van der Waals surface area contributed by atoms with Crippen molar-refractivity contribution in [3.63, 3.8) is 0 Å². The standard InChI is InChI=1S/C17H24N4S2.HI/c1-2-18-17(19-7-5-15-6-13-22-14-15)21-10-8-20(9-11-21)16-4-3-12-23-16;/h3-4,6,12-14H,2,5,7-11H2,1H3,(H,18,19);1H. The lowest BCUT2D eigenvalue weighted by molar-refractivity contribution is 0.373. The van der Waals surface area contributed by atoms with Crippen LogP contribution in [0.15, 0.2) is 39.3 Å². The number of halogens is 1. The number of piperazine rings is 1. The molecule has 132 valence electrons. The molecule has 1 aliphatic heterocycles. The van der Waals surface area contributed by atoms with Gasteiger partial charge in [0.25, 0.3) is 0 Å². The molecule has 0 spiro atoms. The van der Waals surface area contributed by atoms with Crippen molar-refractivity contribution in [3.05, 3.63) is 39.9 Å². The van der Waals surface area contributed by atoms with Crippen LogP contribution in [0.25, 0.3) is 0 Å². The van der Waals surface area contributed by atoms with E-state index in [2.05, 4.69) is 56.4 Å². The monoisotopic (exact) mass is 476 g/mol. The van der Waals surface area contributed by atoms with Gasteiger partial charge in [-0.2, -0.15) is 11.3 Å². The highest BCUT2D eigenvalue weighted by Gasteiger charge is 2.20. The van der Waals surface area contributed by atoms with E-state index in [0.29, 0.717) is 0 Å². The van der Waals surface area contributed by atoms with E-state index >= 15 is 0 Å². The van der Waals surface area contributed by atoms with Gasteiger partial charge in [-0.3, -0.25) is 4.99 Å². The largest absolute Gasteiger partial charge is 0.360 e. The van der Waals surface area contributed by atoms with E-state index in [4.69, 9.17) is 4.99 Å². The fraction of sp³-hybridized carbons (Fsp3) is 0.471. The Labute approximate surface area is 169 Å². The van der Waals surface area contributed by atoms with Crippen LogP contribution in [0.3, 0.4) is 0 Å². The Morgan fingerprint density at radius 1 is 1.21 bits per heavy atom. The molecule has 1 aliphatic rings. The number of hydrogen-bond acceptors (Lipinski definition) is 4. The average Bonchev–Trinajstić information content (AvgIpc) is 3.28. The summed E-state index contributed by atoms with van der Waals surface area (Å²) in [7, 11) is 0. The van der Waals surface area contributed by atoms with Crippen LogP contribution in [0, 0.1) is 0 Å². The van der Waals surface area contributed by atoms with E-state index in [-0.39, 0.29) is 24.0 Å². The molecule has 3 rings (SSSR count). The second kappa shape index (κ2) is 10.2. The van der Waals surface area contributed by atoms with Gasteiger partial charge < -0.3 is 15.1 Å². The molecule has 0 atom stereocenters. The third kappa shape index (κ3) is 5.35. The van der Waals surface area contributed by atoms with Crippen LogP contribution < -0.4 is 10.2 Å². The van der Waals surface area contributed by atoms with Crippen molar-refractivity contribution in [2.45, 2.75) is 13.3 Å². The van der Waals surface area contributed by atoms with Gasteiger partial charge in [0.1, 0.15) is 0 Å². The molecule has 1 fully saturated rings. The number of nitrogens with zero attached hydrogens (tertiary/aromatic N) is 3. The predicted octanol–water partition coefficient (Wildman–Crippen LogP) is 3.76. The number of rotatable bonds is 5. The summed E-state index contributed by atoms with van der Waals surface area (Å²) in [6.45, 7) is 8.10. The Balaban J connectivity index is 0.00000208. The average molecular weight is 476 g/mol. The Bertz CT molecular complexity index is 590. The summed E-state index contributed by atoms with van der Waals surface area (Å²) in [5.74, 6) is 1.06. The molecule has 0 aliphatic carbocycles. The first kappa shape index (κ1) is 19.5. The normalized spacial score (nSPS) is 15.3. The van der Waals surface area contributed by atoms with Crippen molar-refractivity contribution in [1.82, 2.24) is 10.2 Å². The zero-order chi connectivity index (χ0) is 15.9. The highest BCUT2D eigenvalue weighted by molar-refractivity contribution is 14.0. The number of anilines is 1. The van der Waals surface area contributed by atoms with Crippen molar-refractivity contribution in [1.29, 1.82) is 0 Å². The molecule has 2 aromatic heterocycles. The summed E-state index contributed by atoms with van der Waals surface area (Å²) in [5.41, 5.74) is 1.39. The number of aliphatic imine (C=N–C) groups is 1. The third-order valence-corrected chi connectivity index (χ3v) is 5.64. The molecule has 0 radical (unpaired) electrons.